The summed E-state index contributed by atoms with van der Waals surface area (Å²) in [7, 11) is 0. The van der Waals surface area contributed by atoms with Gasteiger partial charge in [0.15, 0.2) is 0 Å². The Morgan fingerprint density at radius 1 is 1.19 bits per heavy atom. The fourth-order valence-corrected chi connectivity index (χ4v) is 4.40. The van der Waals surface area contributed by atoms with Crippen molar-refractivity contribution in [2.24, 2.45) is 5.10 Å². The van der Waals surface area contributed by atoms with Crippen LogP contribution in [-0.2, 0) is 24.2 Å². The number of furan rings is 1. The van der Waals surface area contributed by atoms with Crippen LogP contribution in [0.3, 0.4) is 0 Å². The van der Waals surface area contributed by atoms with E-state index in [4.69, 9.17) is 4.42 Å². The highest BCUT2D eigenvalue weighted by molar-refractivity contribution is 6.25. The van der Waals surface area contributed by atoms with Crippen LogP contribution < -0.4 is 5.01 Å². The molecule has 0 unspecified atom stereocenters. The Kier molecular flexibility index (Phi) is 4.20. The third-order valence-corrected chi connectivity index (χ3v) is 5.79. The van der Waals surface area contributed by atoms with Crippen LogP contribution in [0.1, 0.15) is 48.2 Å². The van der Waals surface area contributed by atoms with Crippen molar-refractivity contribution >= 4 is 24.1 Å². The third kappa shape index (κ3) is 3.04. The van der Waals surface area contributed by atoms with Crippen molar-refractivity contribution < 1.29 is 9.21 Å². The molecule has 140 valence electrons. The molecule has 2 aromatic rings. The molecule has 1 saturated heterocycles. The van der Waals surface area contributed by atoms with E-state index in [0.717, 1.165) is 25.1 Å². The van der Waals surface area contributed by atoms with E-state index in [0.29, 0.717) is 11.5 Å². The van der Waals surface area contributed by atoms with E-state index in [9.17, 15) is 4.79 Å². The van der Waals surface area contributed by atoms with E-state index in [1.165, 1.54) is 60.6 Å². The number of aryl methyl sites for hydroxylation is 1. The monoisotopic (exact) mass is 364 g/mol. The number of carbonyl (C=O) groups is 1. The van der Waals surface area contributed by atoms with Gasteiger partial charge in [-0.3, -0.25) is 9.69 Å². The molecular formula is C21H24N4O2. The number of anilines is 1. The molecule has 1 amide bonds. The van der Waals surface area contributed by atoms with Crippen LogP contribution in [0.2, 0.25) is 0 Å². The predicted molar refractivity (Wildman–Crippen MR) is 105 cm³/mol. The number of amides is 1. The van der Waals surface area contributed by atoms with Crippen LogP contribution in [0.15, 0.2) is 33.5 Å². The van der Waals surface area contributed by atoms with E-state index in [-0.39, 0.29) is 5.91 Å². The second-order valence-corrected chi connectivity index (χ2v) is 7.58. The van der Waals surface area contributed by atoms with Gasteiger partial charge in [-0.2, -0.15) is 10.1 Å². The number of likely N-dealkylation sites (tertiary alicyclic amines) is 1. The van der Waals surface area contributed by atoms with Crippen molar-refractivity contribution in [2.75, 3.05) is 18.1 Å². The van der Waals surface area contributed by atoms with E-state index in [2.05, 4.69) is 15.0 Å². The number of nitrogens with zero attached hydrogens (tertiary/aromatic N) is 3. The summed E-state index contributed by atoms with van der Waals surface area (Å²) in [4.78, 5) is 18.9. The summed E-state index contributed by atoms with van der Waals surface area (Å²) in [5, 5.41) is 5.54. The van der Waals surface area contributed by atoms with Crippen molar-refractivity contribution in [1.82, 2.24) is 9.88 Å². The molecule has 0 atom stereocenters. The molecule has 0 radical (unpaired) electrons. The molecule has 27 heavy (non-hydrogen) atoms. The van der Waals surface area contributed by atoms with Crippen molar-refractivity contribution in [3.63, 3.8) is 0 Å². The Bertz CT molecular complexity index is 901. The number of hydrazone groups is 1. The maximum Gasteiger partial charge on any atom is 0.283 e. The Hall–Kier alpha value is -2.60. The van der Waals surface area contributed by atoms with Crippen LogP contribution in [-0.4, -0.2) is 35.1 Å². The first kappa shape index (κ1) is 16.6. The van der Waals surface area contributed by atoms with Gasteiger partial charge in [-0.05, 0) is 74.9 Å². The molecule has 1 N–H and O–H groups in total. The van der Waals surface area contributed by atoms with Crippen molar-refractivity contribution in [1.29, 1.82) is 0 Å². The van der Waals surface area contributed by atoms with Crippen LogP contribution in [0.25, 0.3) is 6.08 Å². The molecule has 1 fully saturated rings. The number of fused-ring (bicyclic) bond motifs is 1. The lowest BCUT2D eigenvalue weighted by atomic mass is 9.94. The van der Waals surface area contributed by atoms with Gasteiger partial charge in [-0.1, -0.05) is 0 Å². The summed E-state index contributed by atoms with van der Waals surface area (Å²) in [6.45, 7) is 3.31. The van der Waals surface area contributed by atoms with Crippen LogP contribution in [0.4, 0.5) is 5.88 Å². The lowest BCUT2D eigenvalue weighted by Crippen LogP contribution is -2.21. The van der Waals surface area contributed by atoms with Crippen LogP contribution in [0, 0.1) is 0 Å². The lowest BCUT2D eigenvalue weighted by Gasteiger charge is -2.18. The van der Waals surface area contributed by atoms with Crippen LogP contribution >= 0.6 is 0 Å². The van der Waals surface area contributed by atoms with Gasteiger partial charge in [0.2, 0.25) is 5.88 Å². The Labute approximate surface area is 158 Å². The minimum absolute atomic E-state index is 0.148. The van der Waals surface area contributed by atoms with Crippen LogP contribution in [0.5, 0.6) is 0 Å². The number of hydrogen-bond acceptors (Lipinski definition) is 4. The standard InChI is InChI=1S/C21H24N4O2/c26-21-15(13-22-25(21)20-8-5-11-27-20)12-19-17(14-24-9-3-4-10-24)16-6-1-2-7-18(16)23-19/h5,8,11-13,23H,1-4,6-7,9-10,14H2/b15-12+. The van der Waals surface area contributed by atoms with Gasteiger partial charge < -0.3 is 9.40 Å². The normalized spacial score (nSPS) is 21.6. The molecule has 2 aromatic heterocycles. The van der Waals surface area contributed by atoms with Crippen molar-refractivity contribution in [3.05, 3.63) is 46.5 Å². The van der Waals surface area contributed by atoms with Gasteiger partial charge in [-0.15, -0.1) is 0 Å². The lowest BCUT2D eigenvalue weighted by molar-refractivity contribution is -0.114. The maximum atomic E-state index is 12.8. The van der Waals surface area contributed by atoms with Crippen molar-refractivity contribution in [3.8, 4) is 0 Å². The van der Waals surface area contributed by atoms with Crippen molar-refractivity contribution in [2.45, 2.75) is 45.1 Å². The van der Waals surface area contributed by atoms with Gasteiger partial charge in [-0.25, -0.2) is 0 Å². The zero-order valence-corrected chi connectivity index (χ0v) is 15.4. The average Bonchev–Trinajstić information content (AvgIpc) is 3.46. The Balaban J connectivity index is 1.47. The highest BCUT2D eigenvalue weighted by Crippen LogP contribution is 2.31. The third-order valence-electron chi connectivity index (χ3n) is 5.79. The van der Waals surface area contributed by atoms with Gasteiger partial charge in [0.05, 0.1) is 18.1 Å². The molecule has 0 spiro atoms. The number of rotatable bonds is 4. The van der Waals surface area contributed by atoms with Gasteiger partial charge >= 0.3 is 0 Å². The highest BCUT2D eigenvalue weighted by Gasteiger charge is 2.28. The van der Waals surface area contributed by atoms with E-state index < -0.39 is 0 Å². The Morgan fingerprint density at radius 2 is 2.04 bits per heavy atom. The van der Waals surface area contributed by atoms with Gasteiger partial charge in [0.1, 0.15) is 0 Å². The van der Waals surface area contributed by atoms with E-state index in [1.54, 1.807) is 24.6 Å². The zero-order chi connectivity index (χ0) is 18.2. The molecule has 0 saturated carbocycles. The molecule has 4 heterocycles. The number of hydrogen-bond donors (Lipinski definition) is 1. The number of H-pyrrole nitrogens is 1. The molecule has 0 aromatic carbocycles. The molecular weight excluding hydrogens is 340 g/mol. The smallest absolute Gasteiger partial charge is 0.283 e. The number of carbonyl (C=O) groups excluding carboxylic acids is 1. The second-order valence-electron chi connectivity index (χ2n) is 7.58. The Morgan fingerprint density at radius 3 is 2.85 bits per heavy atom. The quantitative estimate of drug-likeness (QED) is 0.845. The van der Waals surface area contributed by atoms with E-state index >= 15 is 0 Å². The molecule has 1 aliphatic carbocycles. The number of aromatic amines is 1. The highest BCUT2D eigenvalue weighted by atomic mass is 16.4. The first-order valence-corrected chi connectivity index (χ1v) is 9.88. The first-order chi connectivity index (χ1) is 13.3. The molecule has 0 bridgehead atoms. The molecule has 6 nitrogen and oxygen atoms in total. The fourth-order valence-electron chi connectivity index (χ4n) is 4.40. The summed E-state index contributed by atoms with van der Waals surface area (Å²) in [5.41, 5.74) is 5.87. The topological polar surface area (TPSA) is 64.8 Å². The predicted octanol–water partition coefficient (Wildman–Crippen LogP) is 3.50. The minimum Gasteiger partial charge on any atom is -0.447 e. The largest absolute Gasteiger partial charge is 0.447 e. The summed E-state index contributed by atoms with van der Waals surface area (Å²) >= 11 is 0. The maximum absolute atomic E-state index is 12.8. The van der Waals surface area contributed by atoms with E-state index in [1.807, 2.05) is 6.08 Å². The summed E-state index contributed by atoms with van der Waals surface area (Å²) in [6.07, 6.45) is 12.4. The first-order valence-electron chi connectivity index (χ1n) is 9.88. The van der Waals surface area contributed by atoms with Gasteiger partial charge in [0.25, 0.3) is 5.91 Å². The molecule has 2 aliphatic heterocycles. The number of nitrogens with one attached hydrogen (secondary N) is 1. The molecule has 6 heteroatoms. The second kappa shape index (κ2) is 6.85. The zero-order valence-electron chi connectivity index (χ0n) is 15.4. The summed E-state index contributed by atoms with van der Waals surface area (Å²) in [6, 6.07) is 3.50. The molecule has 3 aliphatic rings. The summed E-state index contributed by atoms with van der Waals surface area (Å²) in [5.74, 6) is 0.298. The summed E-state index contributed by atoms with van der Waals surface area (Å²) < 4.78 is 5.31. The van der Waals surface area contributed by atoms with Gasteiger partial charge in [0, 0.05) is 24.0 Å². The minimum atomic E-state index is -0.148. The SMILES string of the molecule is O=C1/C(=C/c2[nH]c3c(c2CN2CCCC2)CCCC3)C=NN1c1ccco1. The number of aromatic nitrogens is 1. The fraction of sp³-hybridized carbons (Fsp3) is 0.429. The average molecular weight is 364 g/mol. The molecule has 5 rings (SSSR count).